The number of ether oxygens (including phenoxy) is 2. The lowest BCUT2D eigenvalue weighted by Gasteiger charge is -2.34. The predicted molar refractivity (Wildman–Crippen MR) is 164 cm³/mol. The van der Waals surface area contributed by atoms with Crippen molar-refractivity contribution >= 4 is 50.7 Å². The minimum absolute atomic E-state index is 0.0140. The Kier molecular flexibility index (Phi) is 10.2. The molecule has 0 saturated carbocycles. The lowest BCUT2D eigenvalue weighted by atomic mass is 10.0. The van der Waals surface area contributed by atoms with Crippen molar-refractivity contribution in [2.75, 3.05) is 23.4 Å². The highest BCUT2D eigenvalue weighted by atomic mass is 35.5. The van der Waals surface area contributed by atoms with Crippen molar-refractivity contribution in [3.63, 3.8) is 0 Å². The topological polar surface area (TPSA) is 105 Å². The van der Waals surface area contributed by atoms with Crippen LogP contribution in [0.5, 0.6) is 11.5 Å². The van der Waals surface area contributed by atoms with Crippen LogP contribution in [0.2, 0.25) is 10.0 Å². The SMILES string of the molecule is CCS(=O)(=O)N(CC(=O)N(Cc1ccc(Cl)c(Cl)c1)[C@H](Cc1ccccc1)C(=O)NC(C)C)c1ccc2c(c1)OCO2. The van der Waals surface area contributed by atoms with E-state index in [-0.39, 0.29) is 43.1 Å². The Bertz CT molecular complexity index is 1540. The maximum Gasteiger partial charge on any atom is 0.244 e. The van der Waals surface area contributed by atoms with Gasteiger partial charge >= 0.3 is 0 Å². The zero-order chi connectivity index (χ0) is 30.4. The van der Waals surface area contributed by atoms with Crippen molar-refractivity contribution in [3.05, 3.63) is 87.9 Å². The Morgan fingerprint density at radius 2 is 1.64 bits per heavy atom. The van der Waals surface area contributed by atoms with Gasteiger partial charge in [0, 0.05) is 25.1 Å². The summed E-state index contributed by atoms with van der Waals surface area (Å²) in [6.07, 6.45) is 0.205. The highest BCUT2D eigenvalue weighted by molar-refractivity contribution is 7.92. The third kappa shape index (κ3) is 7.67. The number of carbonyl (C=O) groups is 2. The zero-order valence-corrected chi connectivity index (χ0v) is 25.9. The van der Waals surface area contributed by atoms with Crippen LogP contribution in [-0.4, -0.2) is 56.3 Å². The van der Waals surface area contributed by atoms with E-state index < -0.39 is 28.5 Å². The fourth-order valence-electron chi connectivity index (χ4n) is 4.53. The first-order valence-electron chi connectivity index (χ1n) is 13.5. The van der Waals surface area contributed by atoms with E-state index >= 15 is 0 Å². The minimum Gasteiger partial charge on any atom is -0.454 e. The van der Waals surface area contributed by atoms with Gasteiger partial charge in [-0.05, 0) is 56.2 Å². The van der Waals surface area contributed by atoms with E-state index in [2.05, 4.69) is 5.32 Å². The van der Waals surface area contributed by atoms with Gasteiger partial charge in [0.1, 0.15) is 12.6 Å². The number of hydrogen-bond donors (Lipinski definition) is 1. The Labute approximate surface area is 256 Å². The molecule has 0 aromatic heterocycles. The van der Waals surface area contributed by atoms with Crippen molar-refractivity contribution in [2.45, 2.75) is 45.8 Å². The van der Waals surface area contributed by atoms with Gasteiger partial charge in [0.25, 0.3) is 0 Å². The zero-order valence-electron chi connectivity index (χ0n) is 23.5. The van der Waals surface area contributed by atoms with Crippen molar-refractivity contribution in [1.29, 1.82) is 0 Å². The normalized spacial score (nSPS) is 13.1. The predicted octanol–water partition coefficient (Wildman–Crippen LogP) is 5.04. The summed E-state index contributed by atoms with van der Waals surface area (Å²) < 4.78 is 38.5. The van der Waals surface area contributed by atoms with Gasteiger partial charge in [-0.25, -0.2) is 8.42 Å². The Balaban J connectivity index is 1.76. The molecule has 42 heavy (non-hydrogen) atoms. The number of anilines is 1. The van der Waals surface area contributed by atoms with E-state index in [1.54, 1.807) is 30.3 Å². The molecule has 0 unspecified atom stereocenters. The molecule has 0 spiro atoms. The molecule has 1 atom stereocenters. The van der Waals surface area contributed by atoms with Crippen LogP contribution < -0.4 is 19.1 Å². The highest BCUT2D eigenvalue weighted by Gasteiger charge is 2.34. The van der Waals surface area contributed by atoms with Crippen molar-refractivity contribution in [2.24, 2.45) is 0 Å². The second kappa shape index (κ2) is 13.7. The van der Waals surface area contributed by atoms with Gasteiger partial charge in [-0.1, -0.05) is 59.6 Å². The van der Waals surface area contributed by atoms with Crippen molar-refractivity contribution in [3.8, 4) is 11.5 Å². The molecule has 2 amide bonds. The van der Waals surface area contributed by atoms with Gasteiger partial charge in [0.2, 0.25) is 28.6 Å². The molecule has 224 valence electrons. The summed E-state index contributed by atoms with van der Waals surface area (Å²) in [5, 5.41) is 3.56. The Hall–Kier alpha value is -3.47. The van der Waals surface area contributed by atoms with Crippen molar-refractivity contribution < 1.29 is 27.5 Å². The molecular weight excluding hydrogens is 601 g/mol. The largest absolute Gasteiger partial charge is 0.454 e. The maximum atomic E-state index is 14.2. The van der Waals surface area contributed by atoms with Crippen LogP contribution in [-0.2, 0) is 32.6 Å². The summed E-state index contributed by atoms with van der Waals surface area (Å²) in [5.41, 5.74) is 1.71. The number of sulfonamides is 1. The molecule has 0 saturated heterocycles. The number of nitrogens with zero attached hydrogens (tertiary/aromatic N) is 2. The second-order valence-electron chi connectivity index (χ2n) is 10.1. The molecule has 4 rings (SSSR count). The number of nitrogens with one attached hydrogen (secondary N) is 1. The number of fused-ring (bicyclic) bond motifs is 1. The fourth-order valence-corrected chi connectivity index (χ4v) is 5.90. The van der Waals surface area contributed by atoms with Crippen LogP contribution in [0.1, 0.15) is 31.9 Å². The van der Waals surface area contributed by atoms with E-state index in [4.69, 9.17) is 32.7 Å². The van der Waals surface area contributed by atoms with Crippen LogP contribution in [0.4, 0.5) is 5.69 Å². The molecule has 1 N–H and O–H groups in total. The number of rotatable bonds is 12. The molecule has 1 heterocycles. The number of amides is 2. The average Bonchev–Trinajstić information content (AvgIpc) is 3.43. The first-order chi connectivity index (χ1) is 20.0. The summed E-state index contributed by atoms with van der Waals surface area (Å²) in [5.74, 6) is -0.329. The Morgan fingerprint density at radius 3 is 2.31 bits per heavy atom. The molecule has 9 nitrogen and oxygen atoms in total. The van der Waals surface area contributed by atoms with Gasteiger partial charge in [-0.2, -0.15) is 0 Å². The quantitative estimate of drug-likeness (QED) is 0.299. The van der Waals surface area contributed by atoms with Crippen molar-refractivity contribution in [1.82, 2.24) is 10.2 Å². The fraction of sp³-hybridized carbons (Fsp3) is 0.333. The van der Waals surface area contributed by atoms with Crippen LogP contribution >= 0.6 is 23.2 Å². The van der Waals surface area contributed by atoms with E-state index in [9.17, 15) is 18.0 Å². The third-order valence-corrected chi connectivity index (χ3v) is 9.14. The summed E-state index contributed by atoms with van der Waals surface area (Å²) in [7, 11) is -3.92. The monoisotopic (exact) mass is 633 g/mol. The van der Waals surface area contributed by atoms with E-state index in [1.165, 1.54) is 17.9 Å². The molecule has 1 aliphatic heterocycles. The van der Waals surface area contributed by atoms with Gasteiger partial charge in [-0.15, -0.1) is 0 Å². The number of carbonyl (C=O) groups excluding carboxylic acids is 2. The molecular formula is C30H33Cl2N3O6S. The molecule has 3 aromatic rings. The van der Waals surface area contributed by atoms with Crippen LogP contribution in [0, 0.1) is 0 Å². The lowest BCUT2D eigenvalue weighted by molar-refractivity contribution is -0.140. The van der Waals surface area contributed by atoms with Crippen LogP contribution in [0.15, 0.2) is 66.7 Å². The maximum absolute atomic E-state index is 14.2. The van der Waals surface area contributed by atoms with Crippen LogP contribution in [0.25, 0.3) is 0 Å². The number of hydrogen-bond acceptors (Lipinski definition) is 6. The molecule has 0 fully saturated rings. The molecule has 3 aromatic carbocycles. The standard InChI is InChI=1S/C30H33Cl2N3O6S/c1-4-42(38,39)35(23-11-13-27-28(16-23)41-19-40-27)18-29(36)34(17-22-10-12-24(31)25(32)14-22)26(30(37)33-20(2)3)15-21-8-6-5-7-9-21/h5-14,16,20,26H,4,15,17-19H2,1-3H3,(H,33,37)/t26-/m1/s1. The molecule has 0 bridgehead atoms. The average molecular weight is 635 g/mol. The minimum atomic E-state index is -3.92. The van der Waals surface area contributed by atoms with Gasteiger partial charge < -0.3 is 19.7 Å². The summed E-state index contributed by atoms with van der Waals surface area (Å²) in [6, 6.07) is 17.8. The lowest BCUT2D eigenvalue weighted by Crippen LogP contribution is -2.54. The molecule has 1 aliphatic rings. The molecule has 0 radical (unpaired) electrons. The second-order valence-corrected chi connectivity index (χ2v) is 13.1. The summed E-state index contributed by atoms with van der Waals surface area (Å²) in [4.78, 5) is 29.3. The van der Waals surface area contributed by atoms with Gasteiger partial charge in [-0.3, -0.25) is 13.9 Å². The van der Waals surface area contributed by atoms with Gasteiger partial charge in [0.05, 0.1) is 21.5 Å². The summed E-state index contributed by atoms with van der Waals surface area (Å²) >= 11 is 12.4. The highest BCUT2D eigenvalue weighted by Crippen LogP contribution is 2.36. The summed E-state index contributed by atoms with van der Waals surface area (Å²) in [6.45, 7) is 4.62. The van der Waals surface area contributed by atoms with E-state index in [0.717, 1.165) is 9.87 Å². The third-order valence-electron chi connectivity index (χ3n) is 6.66. The number of halogens is 2. The van der Waals surface area contributed by atoms with E-state index in [1.807, 2.05) is 44.2 Å². The first kappa shape index (κ1) is 31.5. The van der Waals surface area contributed by atoms with Gasteiger partial charge in [0.15, 0.2) is 11.5 Å². The Morgan fingerprint density at radius 1 is 0.929 bits per heavy atom. The first-order valence-corrected chi connectivity index (χ1v) is 15.8. The molecule has 12 heteroatoms. The molecule has 0 aliphatic carbocycles. The van der Waals surface area contributed by atoms with Crippen LogP contribution in [0.3, 0.4) is 0 Å². The smallest absolute Gasteiger partial charge is 0.244 e. The van der Waals surface area contributed by atoms with E-state index in [0.29, 0.717) is 27.1 Å². The number of benzene rings is 3.